The van der Waals surface area contributed by atoms with Gasteiger partial charge in [0, 0.05) is 38.5 Å². The smallest absolute Gasteiger partial charge is 0.0897 e. The van der Waals surface area contributed by atoms with Gasteiger partial charge in [0.15, 0.2) is 0 Å². The quantitative estimate of drug-likeness (QED) is 0.553. The number of hydrogen-bond donors (Lipinski definition) is 2. The van der Waals surface area contributed by atoms with Crippen LogP contribution in [-0.4, -0.2) is 54.0 Å². The van der Waals surface area contributed by atoms with Crippen molar-refractivity contribution in [3.63, 3.8) is 0 Å². The number of hydrogen-bond acceptors (Lipinski definition) is 5. The van der Waals surface area contributed by atoms with Crippen molar-refractivity contribution < 1.29 is 14.6 Å². The first-order valence-corrected chi connectivity index (χ1v) is 7.24. The molecule has 1 unspecified atom stereocenters. The van der Waals surface area contributed by atoms with Gasteiger partial charge in [-0.2, -0.15) is 5.10 Å². The van der Waals surface area contributed by atoms with E-state index in [-0.39, 0.29) is 0 Å². The van der Waals surface area contributed by atoms with E-state index in [0.717, 1.165) is 25.0 Å². The van der Waals surface area contributed by atoms with Crippen molar-refractivity contribution in [3.05, 3.63) is 18.0 Å². The summed E-state index contributed by atoms with van der Waals surface area (Å²) in [4.78, 5) is 0. The number of ether oxygens (including phenoxy) is 2. The first-order chi connectivity index (χ1) is 9.72. The van der Waals surface area contributed by atoms with Gasteiger partial charge in [0.05, 0.1) is 32.1 Å². The van der Waals surface area contributed by atoms with Crippen molar-refractivity contribution in [1.82, 2.24) is 15.1 Å². The predicted octanol–water partition coefficient (Wildman–Crippen LogP) is 0.704. The van der Waals surface area contributed by atoms with Gasteiger partial charge in [0.2, 0.25) is 0 Å². The van der Waals surface area contributed by atoms with Gasteiger partial charge in [0.1, 0.15) is 0 Å². The van der Waals surface area contributed by atoms with E-state index in [4.69, 9.17) is 9.47 Å². The minimum absolute atomic E-state index is 0.331. The van der Waals surface area contributed by atoms with Crippen molar-refractivity contribution >= 4 is 0 Å². The first kappa shape index (κ1) is 17.1. The first-order valence-electron chi connectivity index (χ1n) is 7.24. The molecule has 0 aliphatic carbocycles. The second-order valence-electron chi connectivity index (χ2n) is 4.85. The molecular formula is C14H27N3O3. The molecule has 0 aromatic carbocycles. The molecule has 0 radical (unpaired) electrons. The van der Waals surface area contributed by atoms with Gasteiger partial charge in [-0.1, -0.05) is 13.3 Å². The zero-order valence-corrected chi connectivity index (χ0v) is 12.5. The van der Waals surface area contributed by atoms with Gasteiger partial charge in [-0.05, 0) is 6.42 Å². The van der Waals surface area contributed by atoms with Crippen LogP contribution in [0, 0.1) is 0 Å². The number of aryl methyl sites for hydroxylation is 1. The normalized spacial score (nSPS) is 12.8. The molecule has 0 amide bonds. The molecule has 0 bridgehead atoms. The maximum absolute atomic E-state index is 9.72. The minimum atomic E-state index is -0.498. The molecule has 6 heteroatoms. The van der Waals surface area contributed by atoms with E-state index in [2.05, 4.69) is 17.3 Å². The van der Waals surface area contributed by atoms with E-state index < -0.39 is 6.10 Å². The van der Waals surface area contributed by atoms with Gasteiger partial charge < -0.3 is 19.9 Å². The Balaban J connectivity index is 1.91. The van der Waals surface area contributed by atoms with E-state index in [1.54, 1.807) is 4.68 Å². The fourth-order valence-electron chi connectivity index (χ4n) is 1.69. The Morgan fingerprint density at radius 2 is 2.15 bits per heavy atom. The molecular weight excluding hydrogens is 258 g/mol. The summed E-state index contributed by atoms with van der Waals surface area (Å²) in [5, 5.41) is 17.0. The summed E-state index contributed by atoms with van der Waals surface area (Å²) in [5.74, 6) is 0. The highest BCUT2D eigenvalue weighted by molar-refractivity contribution is 5.02. The van der Waals surface area contributed by atoms with Crippen molar-refractivity contribution in [2.75, 3.05) is 33.0 Å². The van der Waals surface area contributed by atoms with Crippen LogP contribution < -0.4 is 5.32 Å². The highest BCUT2D eigenvalue weighted by atomic mass is 16.5. The highest BCUT2D eigenvalue weighted by Gasteiger charge is 2.04. The van der Waals surface area contributed by atoms with E-state index in [1.807, 2.05) is 19.4 Å². The number of nitrogens with one attached hydrogen (secondary N) is 1. The topological polar surface area (TPSA) is 68.5 Å². The predicted molar refractivity (Wildman–Crippen MR) is 77.5 cm³/mol. The van der Waals surface area contributed by atoms with Gasteiger partial charge in [0.25, 0.3) is 0 Å². The summed E-state index contributed by atoms with van der Waals surface area (Å²) in [6.07, 6.45) is 5.48. The van der Waals surface area contributed by atoms with Crippen LogP contribution in [0.4, 0.5) is 0 Å². The van der Waals surface area contributed by atoms with Gasteiger partial charge in [-0.3, -0.25) is 4.68 Å². The number of aromatic nitrogens is 2. The average Bonchev–Trinajstić information content (AvgIpc) is 2.83. The molecule has 0 saturated carbocycles. The third kappa shape index (κ3) is 8.27. The lowest BCUT2D eigenvalue weighted by Gasteiger charge is -2.12. The average molecular weight is 285 g/mol. The van der Waals surface area contributed by atoms with E-state index in [9.17, 15) is 5.11 Å². The lowest BCUT2D eigenvalue weighted by atomic mass is 10.3. The van der Waals surface area contributed by atoms with E-state index >= 15 is 0 Å². The third-order valence-corrected chi connectivity index (χ3v) is 2.79. The SMILES string of the molecule is CCCCOCCOCC(O)CNCc1cnn(C)c1. The van der Waals surface area contributed by atoms with Crippen molar-refractivity contribution in [1.29, 1.82) is 0 Å². The van der Waals surface area contributed by atoms with Crippen molar-refractivity contribution in [2.24, 2.45) is 7.05 Å². The highest BCUT2D eigenvalue weighted by Crippen LogP contribution is 1.95. The molecule has 2 N–H and O–H groups in total. The minimum Gasteiger partial charge on any atom is -0.389 e. The van der Waals surface area contributed by atoms with Crippen molar-refractivity contribution in [2.45, 2.75) is 32.4 Å². The fourth-order valence-corrected chi connectivity index (χ4v) is 1.69. The van der Waals surface area contributed by atoms with Crippen LogP contribution in [-0.2, 0) is 23.1 Å². The number of rotatable bonds is 12. The van der Waals surface area contributed by atoms with Crippen LogP contribution in [0.5, 0.6) is 0 Å². The summed E-state index contributed by atoms with van der Waals surface area (Å²) in [6, 6.07) is 0. The molecule has 1 rings (SSSR count). The molecule has 20 heavy (non-hydrogen) atoms. The monoisotopic (exact) mass is 285 g/mol. The van der Waals surface area contributed by atoms with Crippen LogP contribution in [0.2, 0.25) is 0 Å². The second kappa shape index (κ2) is 10.8. The number of nitrogens with zero attached hydrogens (tertiary/aromatic N) is 2. The summed E-state index contributed by atoms with van der Waals surface area (Å²) >= 11 is 0. The summed E-state index contributed by atoms with van der Waals surface area (Å²) in [7, 11) is 1.88. The molecule has 116 valence electrons. The summed E-state index contributed by atoms with van der Waals surface area (Å²) in [5.41, 5.74) is 1.10. The maximum Gasteiger partial charge on any atom is 0.0897 e. The van der Waals surface area contributed by atoms with Crippen LogP contribution in [0.3, 0.4) is 0 Å². The van der Waals surface area contributed by atoms with Crippen LogP contribution in [0.15, 0.2) is 12.4 Å². The summed E-state index contributed by atoms with van der Waals surface area (Å²) < 4.78 is 12.5. The fraction of sp³-hybridized carbons (Fsp3) is 0.786. The Labute approximate surface area is 121 Å². The van der Waals surface area contributed by atoms with Crippen LogP contribution >= 0.6 is 0 Å². The molecule has 1 heterocycles. The maximum atomic E-state index is 9.72. The molecule has 0 spiro atoms. The number of aliphatic hydroxyl groups is 1. The van der Waals surface area contributed by atoms with E-state index in [0.29, 0.717) is 32.9 Å². The Morgan fingerprint density at radius 3 is 2.85 bits per heavy atom. The molecule has 1 aromatic heterocycles. The molecule has 0 saturated heterocycles. The van der Waals surface area contributed by atoms with Crippen LogP contribution in [0.25, 0.3) is 0 Å². The molecule has 1 atom stereocenters. The zero-order chi connectivity index (χ0) is 14.6. The van der Waals surface area contributed by atoms with Crippen molar-refractivity contribution in [3.8, 4) is 0 Å². The standard InChI is InChI=1S/C14H27N3O3/c1-3-4-5-19-6-7-20-12-14(18)10-15-8-13-9-16-17(2)11-13/h9,11,14-15,18H,3-8,10,12H2,1-2H3. The lowest BCUT2D eigenvalue weighted by Crippen LogP contribution is -2.30. The number of unbranched alkanes of at least 4 members (excludes halogenated alkanes) is 1. The summed E-state index contributed by atoms with van der Waals surface area (Å²) in [6.45, 7) is 5.58. The molecule has 0 aliphatic rings. The Bertz CT molecular complexity index is 344. The molecule has 0 aliphatic heterocycles. The second-order valence-corrected chi connectivity index (χ2v) is 4.85. The number of aliphatic hydroxyl groups excluding tert-OH is 1. The largest absolute Gasteiger partial charge is 0.389 e. The molecule has 1 aromatic rings. The van der Waals surface area contributed by atoms with Gasteiger partial charge in [-0.25, -0.2) is 0 Å². The lowest BCUT2D eigenvalue weighted by molar-refractivity contribution is 0.00385. The Hall–Kier alpha value is -0.950. The Morgan fingerprint density at radius 1 is 1.35 bits per heavy atom. The molecule has 6 nitrogen and oxygen atoms in total. The van der Waals surface area contributed by atoms with E-state index in [1.165, 1.54) is 0 Å². The van der Waals surface area contributed by atoms with Gasteiger partial charge in [-0.15, -0.1) is 0 Å². The third-order valence-electron chi connectivity index (χ3n) is 2.79. The van der Waals surface area contributed by atoms with Gasteiger partial charge >= 0.3 is 0 Å². The van der Waals surface area contributed by atoms with Crippen LogP contribution in [0.1, 0.15) is 25.3 Å². The Kier molecular flexibility index (Phi) is 9.23. The zero-order valence-electron chi connectivity index (χ0n) is 12.5. The molecule has 0 fully saturated rings.